The van der Waals surface area contributed by atoms with E-state index in [9.17, 15) is 9.90 Å². The van der Waals surface area contributed by atoms with Crippen molar-refractivity contribution in [2.45, 2.75) is 57.7 Å². The summed E-state index contributed by atoms with van der Waals surface area (Å²) in [6, 6.07) is 5.44. The zero-order chi connectivity index (χ0) is 16.3. The smallest absolute Gasteiger partial charge is 0.263 e. The number of hydrogen-bond acceptors (Lipinski definition) is 4. The molecule has 2 aliphatic rings. The van der Waals surface area contributed by atoms with Gasteiger partial charge in [-0.15, -0.1) is 0 Å². The highest BCUT2D eigenvalue weighted by molar-refractivity contribution is 5.81. The molecule has 1 spiro atoms. The summed E-state index contributed by atoms with van der Waals surface area (Å²) in [4.78, 5) is 18.6. The molecule has 5 heteroatoms. The third-order valence-corrected chi connectivity index (χ3v) is 5.43. The van der Waals surface area contributed by atoms with Gasteiger partial charge in [-0.25, -0.2) is 4.98 Å². The lowest BCUT2D eigenvalue weighted by Crippen LogP contribution is -2.48. The number of aliphatic hydroxyl groups is 1. The molecule has 3 rings (SSSR count). The van der Waals surface area contributed by atoms with Gasteiger partial charge in [0.15, 0.2) is 6.10 Å². The second-order valence-corrected chi connectivity index (χ2v) is 6.98. The number of carbonyl (C=O) groups is 1. The second kappa shape index (κ2) is 6.87. The first-order valence-corrected chi connectivity index (χ1v) is 8.63. The van der Waals surface area contributed by atoms with Gasteiger partial charge in [0.2, 0.25) is 5.88 Å². The molecule has 1 saturated carbocycles. The Bertz CT molecular complexity index is 516. The number of hydrogen-bond donors (Lipinski definition) is 1. The zero-order valence-electron chi connectivity index (χ0n) is 13.8. The Kier molecular flexibility index (Phi) is 4.85. The summed E-state index contributed by atoms with van der Waals surface area (Å²) in [6.45, 7) is 3.38. The van der Waals surface area contributed by atoms with Crippen LogP contribution in [0.1, 0.15) is 45.4 Å². The number of nitrogens with zero attached hydrogens (tertiary/aromatic N) is 2. The predicted molar refractivity (Wildman–Crippen MR) is 87.0 cm³/mol. The first-order valence-electron chi connectivity index (χ1n) is 8.63. The fourth-order valence-corrected chi connectivity index (χ4v) is 3.82. The Morgan fingerprint density at radius 1 is 1.30 bits per heavy atom. The Hall–Kier alpha value is -1.62. The van der Waals surface area contributed by atoms with Gasteiger partial charge in [0.1, 0.15) is 0 Å². The van der Waals surface area contributed by atoms with Crippen LogP contribution >= 0.6 is 0 Å². The number of amides is 1. The molecule has 1 aliphatic heterocycles. The number of aliphatic hydroxyl groups excluding tert-OH is 1. The van der Waals surface area contributed by atoms with Crippen LogP contribution in [0.15, 0.2) is 24.4 Å². The fraction of sp³-hybridized carbons (Fsp3) is 0.667. The Morgan fingerprint density at radius 2 is 2.00 bits per heavy atom. The van der Waals surface area contributed by atoms with Crippen LogP contribution in [0.2, 0.25) is 0 Å². The van der Waals surface area contributed by atoms with E-state index in [0.29, 0.717) is 11.3 Å². The van der Waals surface area contributed by atoms with Gasteiger partial charge >= 0.3 is 0 Å². The van der Waals surface area contributed by atoms with Gasteiger partial charge in [0.25, 0.3) is 5.91 Å². The molecular weight excluding hydrogens is 292 g/mol. The van der Waals surface area contributed by atoms with Crippen molar-refractivity contribution >= 4 is 5.91 Å². The van der Waals surface area contributed by atoms with Crippen molar-refractivity contribution in [1.29, 1.82) is 0 Å². The highest BCUT2D eigenvalue weighted by atomic mass is 16.5. The van der Waals surface area contributed by atoms with Gasteiger partial charge < -0.3 is 14.7 Å². The number of pyridine rings is 1. The molecular formula is C18H26N2O3. The molecule has 0 aromatic carbocycles. The topological polar surface area (TPSA) is 62.7 Å². The first-order chi connectivity index (χ1) is 11.1. The van der Waals surface area contributed by atoms with Crippen molar-refractivity contribution in [3.63, 3.8) is 0 Å². The summed E-state index contributed by atoms with van der Waals surface area (Å²) in [7, 11) is 0. The standard InChI is InChI=1S/C18H26N2O3/c1-14(23-16-4-2-3-11-19-16)17(22)20-12-9-18(10-13-20)7-5-15(21)6-8-18/h2-4,11,14-15,21H,5-10,12-13H2,1H3. The summed E-state index contributed by atoms with van der Waals surface area (Å²) < 4.78 is 5.65. The van der Waals surface area contributed by atoms with Gasteiger partial charge in [-0.05, 0) is 56.9 Å². The molecule has 1 aromatic heterocycles. The van der Waals surface area contributed by atoms with Crippen molar-refractivity contribution in [3.8, 4) is 5.88 Å². The van der Waals surface area contributed by atoms with Crippen LogP contribution in [0.3, 0.4) is 0 Å². The van der Waals surface area contributed by atoms with Gasteiger partial charge in [-0.3, -0.25) is 4.79 Å². The average molecular weight is 318 g/mol. The van der Waals surface area contributed by atoms with Crippen LogP contribution < -0.4 is 4.74 Å². The molecule has 1 atom stereocenters. The minimum atomic E-state index is -0.507. The predicted octanol–water partition coefficient (Wildman–Crippen LogP) is 2.39. The number of rotatable bonds is 3. The van der Waals surface area contributed by atoms with E-state index in [0.717, 1.165) is 51.6 Å². The molecule has 2 heterocycles. The number of carbonyl (C=O) groups excluding carboxylic acids is 1. The normalized spacial score (nSPS) is 22.8. The van der Waals surface area contributed by atoms with Gasteiger partial charge in [0, 0.05) is 25.4 Å². The zero-order valence-corrected chi connectivity index (χ0v) is 13.8. The quantitative estimate of drug-likeness (QED) is 0.929. The van der Waals surface area contributed by atoms with Gasteiger partial charge in [0.05, 0.1) is 6.10 Å². The van der Waals surface area contributed by atoms with Crippen molar-refractivity contribution < 1.29 is 14.6 Å². The van der Waals surface area contributed by atoms with Gasteiger partial charge in [-0.1, -0.05) is 6.07 Å². The molecule has 2 fully saturated rings. The maximum Gasteiger partial charge on any atom is 0.263 e. The lowest BCUT2D eigenvalue weighted by Gasteiger charge is -2.45. The highest BCUT2D eigenvalue weighted by Gasteiger charge is 2.39. The molecule has 0 radical (unpaired) electrons. The maximum atomic E-state index is 12.6. The van der Waals surface area contributed by atoms with Crippen molar-refractivity contribution in [3.05, 3.63) is 24.4 Å². The third kappa shape index (κ3) is 3.83. The minimum Gasteiger partial charge on any atom is -0.465 e. The second-order valence-electron chi connectivity index (χ2n) is 6.98. The minimum absolute atomic E-state index is 0.0429. The number of aromatic nitrogens is 1. The van der Waals surface area contributed by atoms with E-state index < -0.39 is 6.10 Å². The van der Waals surface area contributed by atoms with E-state index in [4.69, 9.17) is 4.74 Å². The molecule has 1 aliphatic carbocycles. The summed E-state index contributed by atoms with van der Waals surface area (Å²) in [5, 5.41) is 9.69. The molecule has 126 valence electrons. The Balaban J connectivity index is 1.52. The Morgan fingerprint density at radius 3 is 2.61 bits per heavy atom. The van der Waals surface area contributed by atoms with Crippen LogP contribution in [0.5, 0.6) is 5.88 Å². The number of likely N-dealkylation sites (tertiary alicyclic amines) is 1. The number of piperidine rings is 1. The lowest BCUT2D eigenvalue weighted by molar-refractivity contribution is -0.141. The summed E-state index contributed by atoms with van der Waals surface area (Å²) >= 11 is 0. The SMILES string of the molecule is CC(Oc1ccccn1)C(=O)N1CCC2(CCC(O)CC2)CC1. The molecule has 0 bridgehead atoms. The highest BCUT2D eigenvalue weighted by Crippen LogP contribution is 2.44. The van der Waals surface area contributed by atoms with Crippen LogP contribution in [0.4, 0.5) is 0 Å². The van der Waals surface area contributed by atoms with E-state index in [1.54, 1.807) is 19.2 Å². The maximum absolute atomic E-state index is 12.6. The van der Waals surface area contributed by atoms with Crippen LogP contribution in [-0.2, 0) is 4.79 Å². The molecule has 1 amide bonds. The van der Waals surface area contributed by atoms with E-state index in [2.05, 4.69) is 4.98 Å². The van der Waals surface area contributed by atoms with Gasteiger partial charge in [-0.2, -0.15) is 0 Å². The summed E-state index contributed by atoms with van der Waals surface area (Å²) in [5.41, 5.74) is 0.348. The molecule has 5 nitrogen and oxygen atoms in total. The molecule has 1 saturated heterocycles. The molecule has 23 heavy (non-hydrogen) atoms. The van der Waals surface area contributed by atoms with Crippen LogP contribution in [-0.4, -0.2) is 46.2 Å². The fourth-order valence-electron chi connectivity index (χ4n) is 3.82. The van der Waals surface area contributed by atoms with E-state index in [1.165, 1.54) is 0 Å². The van der Waals surface area contributed by atoms with Crippen molar-refractivity contribution in [2.75, 3.05) is 13.1 Å². The van der Waals surface area contributed by atoms with Crippen molar-refractivity contribution in [1.82, 2.24) is 9.88 Å². The van der Waals surface area contributed by atoms with Crippen molar-refractivity contribution in [2.24, 2.45) is 5.41 Å². The van der Waals surface area contributed by atoms with E-state index in [-0.39, 0.29) is 12.0 Å². The Labute approximate surface area is 137 Å². The third-order valence-electron chi connectivity index (χ3n) is 5.43. The summed E-state index contributed by atoms with van der Waals surface area (Å²) in [5.74, 6) is 0.532. The average Bonchev–Trinajstić information content (AvgIpc) is 2.59. The van der Waals surface area contributed by atoms with Crippen LogP contribution in [0.25, 0.3) is 0 Å². The first kappa shape index (κ1) is 16.2. The monoisotopic (exact) mass is 318 g/mol. The number of ether oxygens (including phenoxy) is 1. The molecule has 1 unspecified atom stereocenters. The van der Waals surface area contributed by atoms with Crippen LogP contribution in [0, 0.1) is 5.41 Å². The van der Waals surface area contributed by atoms with E-state index >= 15 is 0 Å². The molecule has 1 N–H and O–H groups in total. The van der Waals surface area contributed by atoms with E-state index in [1.807, 2.05) is 17.0 Å². The summed E-state index contributed by atoms with van der Waals surface area (Å²) in [6.07, 6.45) is 7.13. The molecule has 1 aromatic rings. The largest absolute Gasteiger partial charge is 0.465 e. The lowest BCUT2D eigenvalue weighted by atomic mass is 9.67.